The molecule has 0 atom stereocenters. The monoisotopic (exact) mass is 179 g/mol. The minimum atomic E-state index is 0.495. The number of nitrogens with zero attached hydrogens (tertiary/aromatic N) is 2. The van der Waals surface area contributed by atoms with Crippen LogP contribution in [-0.2, 0) is 0 Å². The lowest BCUT2D eigenvalue weighted by molar-refractivity contribution is 0.112. The van der Waals surface area contributed by atoms with Gasteiger partial charge in [-0.05, 0) is 5.92 Å². The number of carbonyl (C=O) groups excluding carboxylic acids is 1. The van der Waals surface area contributed by atoms with Crippen LogP contribution in [0.15, 0.2) is 12.4 Å². The molecule has 0 saturated carbocycles. The second kappa shape index (κ2) is 4.54. The molecule has 1 aromatic heterocycles. The van der Waals surface area contributed by atoms with Gasteiger partial charge in [0, 0.05) is 18.9 Å². The minimum Gasteiger partial charge on any atom is -0.354 e. The van der Waals surface area contributed by atoms with Crippen molar-refractivity contribution < 1.29 is 4.79 Å². The van der Waals surface area contributed by atoms with Crippen LogP contribution in [0.4, 0.5) is 5.95 Å². The Morgan fingerprint density at radius 1 is 1.46 bits per heavy atom. The predicted octanol–water partition coefficient (Wildman–Crippen LogP) is 1.36. The Labute approximate surface area is 77.4 Å². The highest BCUT2D eigenvalue weighted by Gasteiger charge is 1.97. The first-order chi connectivity index (χ1) is 6.22. The molecule has 1 heterocycles. The van der Waals surface area contributed by atoms with Crippen LogP contribution >= 0.6 is 0 Å². The molecule has 0 unspecified atom stereocenters. The molecular weight excluding hydrogens is 166 g/mol. The Morgan fingerprint density at radius 3 is 2.54 bits per heavy atom. The average Bonchev–Trinajstić information content (AvgIpc) is 2.15. The van der Waals surface area contributed by atoms with Crippen molar-refractivity contribution in [3.63, 3.8) is 0 Å². The summed E-state index contributed by atoms with van der Waals surface area (Å²) in [6, 6.07) is 0. The number of carbonyl (C=O) groups is 1. The fourth-order valence-corrected chi connectivity index (χ4v) is 0.786. The largest absolute Gasteiger partial charge is 0.354 e. The van der Waals surface area contributed by atoms with E-state index in [-0.39, 0.29) is 0 Å². The second-order valence-electron chi connectivity index (χ2n) is 3.23. The number of hydrogen-bond acceptors (Lipinski definition) is 4. The molecule has 0 aromatic carbocycles. The minimum absolute atomic E-state index is 0.495. The maximum Gasteiger partial charge on any atom is 0.222 e. The van der Waals surface area contributed by atoms with Crippen LogP contribution in [0.5, 0.6) is 0 Å². The molecule has 70 valence electrons. The molecule has 0 aliphatic carbocycles. The molecule has 0 amide bonds. The van der Waals surface area contributed by atoms with Crippen LogP contribution in [0, 0.1) is 5.92 Å². The first-order valence-electron chi connectivity index (χ1n) is 4.23. The molecule has 13 heavy (non-hydrogen) atoms. The lowest BCUT2D eigenvalue weighted by Crippen LogP contribution is -2.10. The number of aromatic nitrogens is 2. The fourth-order valence-electron chi connectivity index (χ4n) is 0.786. The smallest absolute Gasteiger partial charge is 0.222 e. The van der Waals surface area contributed by atoms with Gasteiger partial charge in [0.25, 0.3) is 0 Å². The van der Waals surface area contributed by atoms with Crippen molar-refractivity contribution in [3.05, 3.63) is 18.0 Å². The summed E-state index contributed by atoms with van der Waals surface area (Å²) in [6.45, 7) is 5.04. The van der Waals surface area contributed by atoms with Gasteiger partial charge < -0.3 is 5.32 Å². The van der Waals surface area contributed by atoms with Gasteiger partial charge in [-0.25, -0.2) is 9.97 Å². The van der Waals surface area contributed by atoms with Crippen molar-refractivity contribution in [2.24, 2.45) is 5.92 Å². The summed E-state index contributed by atoms with van der Waals surface area (Å²) in [7, 11) is 0. The van der Waals surface area contributed by atoms with Gasteiger partial charge in [-0.1, -0.05) is 13.8 Å². The van der Waals surface area contributed by atoms with Crippen molar-refractivity contribution in [1.82, 2.24) is 9.97 Å². The van der Waals surface area contributed by atoms with Crippen LogP contribution in [0.3, 0.4) is 0 Å². The summed E-state index contributed by atoms with van der Waals surface area (Å²) in [5, 5.41) is 3.06. The van der Waals surface area contributed by atoms with Crippen molar-refractivity contribution in [3.8, 4) is 0 Å². The molecule has 0 fully saturated rings. The van der Waals surface area contributed by atoms with Gasteiger partial charge in [0.05, 0.1) is 5.56 Å². The molecule has 1 rings (SSSR count). The van der Waals surface area contributed by atoms with Gasteiger partial charge in [-0.3, -0.25) is 4.79 Å². The molecule has 0 aliphatic heterocycles. The van der Waals surface area contributed by atoms with Crippen molar-refractivity contribution >= 4 is 12.2 Å². The number of rotatable bonds is 4. The molecule has 0 spiro atoms. The summed E-state index contributed by atoms with van der Waals surface area (Å²) in [4.78, 5) is 18.2. The maximum atomic E-state index is 10.3. The van der Waals surface area contributed by atoms with E-state index in [9.17, 15) is 4.79 Å². The van der Waals surface area contributed by atoms with Gasteiger partial charge in [-0.2, -0.15) is 0 Å². The van der Waals surface area contributed by atoms with E-state index >= 15 is 0 Å². The standard InChI is InChI=1S/C9H13N3O/c1-7(2)3-10-9-11-4-8(6-13)5-12-9/h4-7H,3H2,1-2H3,(H,10,11,12). The normalized spacial score (nSPS) is 10.1. The first kappa shape index (κ1) is 9.64. The summed E-state index contributed by atoms with van der Waals surface area (Å²) in [5.41, 5.74) is 0.495. The SMILES string of the molecule is CC(C)CNc1ncc(C=O)cn1. The molecule has 0 aliphatic rings. The van der Waals surface area contributed by atoms with E-state index < -0.39 is 0 Å². The van der Waals surface area contributed by atoms with Crippen LogP contribution in [0.25, 0.3) is 0 Å². The summed E-state index contributed by atoms with van der Waals surface area (Å²) >= 11 is 0. The molecule has 4 heteroatoms. The lowest BCUT2D eigenvalue weighted by Gasteiger charge is -2.06. The van der Waals surface area contributed by atoms with Gasteiger partial charge in [0.1, 0.15) is 0 Å². The van der Waals surface area contributed by atoms with Crippen molar-refractivity contribution in [1.29, 1.82) is 0 Å². The van der Waals surface area contributed by atoms with Crippen LogP contribution < -0.4 is 5.32 Å². The molecule has 0 radical (unpaired) electrons. The summed E-state index contributed by atoms with van der Waals surface area (Å²) in [6.07, 6.45) is 3.73. The second-order valence-corrected chi connectivity index (χ2v) is 3.23. The predicted molar refractivity (Wildman–Crippen MR) is 50.7 cm³/mol. The average molecular weight is 179 g/mol. The highest BCUT2D eigenvalue weighted by atomic mass is 16.1. The van der Waals surface area contributed by atoms with Crippen LogP contribution in [0.1, 0.15) is 24.2 Å². The van der Waals surface area contributed by atoms with Crippen molar-refractivity contribution in [2.45, 2.75) is 13.8 Å². The third kappa shape index (κ3) is 3.19. The molecule has 0 bridgehead atoms. The Kier molecular flexibility index (Phi) is 3.37. The molecule has 4 nitrogen and oxygen atoms in total. The Balaban J connectivity index is 2.54. The van der Waals surface area contributed by atoms with Gasteiger partial charge in [0.2, 0.25) is 5.95 Å². The number of aldehydes is 1. The van der Waals surface area contributed by atoms with Gasteiger partial charge >= 0.3 is 0 Å². The van der Waals surface area contributed by atoms with E-state index in [4.69, 9.17) is 0 Å². The van der Waals surface area contributed by atoms with E-state index in [1.54, 1.807) is 0 Å². The van der Waals surface area contributed by atoms with Gasteiger partial charge in [0.15, 0.2) is 6.29 Å². The zero-order valence-electron chi connectivity index (χ0n) is 7.82. The zero-order chi connectivity index (χ0) is 9.68. The molecule has 1 N–H and O–H groups in total. The van der Waals surface area contributed by atoms with E-state index in [0.717, 1.165) is 12.8 Å². The number of nitrogens with one attached hydrogen (secondary N) is 1. The van der Waals surface area contributed by atoms with Gasteiger partial charge in [-0.15, -0.1) is 0 Å². The zero-order valence-corrected chi connectivity index (χ0v) is 7.82. The number of anilines is 1. The third-order valence-electron chi connectivity index (χ3n) is 1.48. The third-order valence-corrected chi connectivity index (χ3v) is 1.48. The lowest BCUT2D eigenvalue weighted by atomic mass is 10.2. The Bertz CT molecular complexity index is 269. The fraction of sp³-hybridized carbons (Fsp3) is 0.444. The number of hydrogen-bond donors (Lipinski definition) is 1. The summed E-state index contributed by atoms with van der Waals surface area (Å²) in [5.74, 6) is 1.12. The van der Waals surface area contributed by atoms with Crippen molar-refractivity contribution in [2.75, 3.05) is 11.9 Å². The van der Waals surface area contributed by atoms with E-state index in [1.165, 1.54) is 12.4 Å². The molecule has 1 aromatic rings. The van der Waals surface area contributed by atoms with E-state index in [0.29, 0.717) is 17.4 Å². The van der Waals surface area contributed by atoms with Crippen LogP contribution in [0.2, 0.25) is 0 Å². The van der Waals surface area contributed by atoms with E-state index in [1.807, 2.05) is 0 Å². The van der Waals surface area contributed by atoms with E-state index in [2.05, 4.69) is 29.1 Å². The topological polar surface area (TPSA) is 54.9 Å². The quantitative estimate of drug-likeness (QED) is 0.709. The highest BCUT2D eigenvalue weighted by molar-refractivity contribution is 5.73. The molecule has 0 saturated heterocycles. The van der Waals surface area contributed by atoms with Crippen LogP contribution in [-0.4, -0.2) is 22.8 Å². The Hall–Kier alpha value is -1.45. The summed E-state index contributed by atoms with van der Waals surface area (Å²) < 4.78 is 0. The Morgan fingerprint density at radius 2 is 2.08 bits per heavy atom. The molecular formula is C9H13N3O. The maximum absolute atomic E-state index is 10.3. The first-order valence-corrected chi connectivity index (χ1v) is 4.23. The highest BCUT2D eigenvalue weighted by Crippen LogP contribution is 1.99.